The van der Waals surface area contributed by atoms with Gasteiger partial charge in [-0.05, 0) is 0 Å². The summed E-state index contributed by atoms with van der Waals surface area (Å²) in [6.45, 7) is 0. The molecule has 0 radical (unpaired) electrons. The Hall–Kier alpha value is 1.20. The van der Waals surface area contributed by atoms with Crippen molar-refractivity contribution in [2.24, 2.45) is 0 Å². The Morgan fingerprint density at radius 1 is 1.43 bits per heavy atom. The minimum atomic E-state index is -5.14. The van der Waals surface area contributed by atoms with E-state index in [1.54, 1.807) is 0 Å². The summed E-state index contributed by atoms with van der Waals surface area (Å²) in [7, 11) is -5.14. The molecule has 0 amide bonds. The summed E-state index contributed by atoms with van der Waals surface area (Å²) in [4.78, 5) is 13.9. The van der Waals surface area contributed by atoms with Gasteiger partial charge in [0.15, 0.2) is 0 Å². The summed E-state index contributed by atoms with van der Waals surface area (Å²) in [6.07, 6.45) is 0. The molecule has 0 aliphatic rings. The molecule has 0 saturated carbocycles. The number of halogens is 1. The summed E-state index contributed by atoms with van der Waals surface area (Å²) in [5.41, 5.74) is 0. The van der Waals surface area contributed by atoms with Crippen molar-refractivity contribution < 1.29 is 35.6 Å². The zero-order valence-corrected chi connectivity index (χ0v) is 4.48. The second kappa shape index (κ2) is 5.34. The standard InChI is InChI=1S/FH2O3P.Fe.Li.H/c1-5(2,3)4;;;/h(H2,2,3,4);;;. The van der Waals surface area contributed by atoms with Crippen molar-refractivity contribution in [3.05, 3.63) is 0 Å². The maximum absolute atomic E-state index is 10.4. The number of hydrogen-bond acceptors (Lipinski definition) is 1. The zero-order chi connectivity index (χ0) is 4.50. The average Bonchev–Trinajstić information content (AvgIpc) is 0.722. The quantitative estimate of drug-likeness (QED) is 0.371. The van der Waals surface area contributed by atoms with E-state index >= 15 is 0 Å². The van der Waals surface area contributed by atoms with E-state index < -0.39 is 7.91 Å². The predicted molar refractivity (Wildman–Crippen MR) is 20.3 cm³/mol. The van der Waals surface area contributed by atoms with Gasteiger partial charge in [-0.25, -0.2) is 4.57 Å². The normalized spacial score (nSPS) is 8.43. The first-order valence-electron chi connectivity index (χ1n) is 0.752. The van der Waals surface area contributed by atoms with Crippen LogP contribution in [0, 0.1) is 0 Å². The SMILES string of the molecule is O=P(O)(O)F.[Fe].[LiH]. The molecule has 0 spiro atoms. The summed E-state index contributed by atoms with van der Waals surface area (Å²) < 4.78 is 19.0. The molecule has 0 aromatic heterocycles. The van der Waals surface area contributed by atoms with E-state index in [9.17, 15) is 4.20 Å². The summed E-state index contributed by atoms with van der Waals surface area (Å²) in [5, 5.41) is 0. The zero-order valence-electron chi connectivity index (χ0n) is 2.48. The van der Waals surface area contributed by atoms with Crippen LogP contribution in [0.25, 0.3) is 0 Å². The van der Waals surface area contributed by atoms with Crippen LogP contribution in [-0.2, 0) is 21.6 Å². The first kappa shape index (κ1) is 15.7. The van der Waals surface area contributed by atoms with Crippen molar-refractivity contribution in [1.82, 2.24) is 0 Å². The van der Waals surface area contributed by atoms with Gasteiger partial charge in [-0.1, -0.05) is 0 Å². The van der Waals surface area contributed by atoms with Crippen LogP contribution < -0.4 is 0 Å². The second-order valence-corrected chi connectivity index (χ2v) is 1.42. The molecule has 42 valence electrons. The predicted octanol–water partition coefficient (Wildman–Crippen LogP) is -0.602. The molecule has 7 heavy (non-hydrogen) atoms. The topological polar surface area (TPSA) is 57.5 Å². The van der Waals surface area contributed by atoms with Gasteiger partial charge in [-0.15, -0.1) is 4.20 Å². The Kier molecular flexibility index (Phi) is 12.0. The van der Waals surface area contributed by atoms with Gasteiger partial charge in [0.2, 0.25) is 0 Å². The second-order valence-electron chi connectivity index (χ2n) is 0.473. The van der Waals surface area contributed by atoms with E-state index in [1.165, 1.54) is 0 Å². The van der Waals surface area contributed by atoms with Gasteiger partial charge >= 0.3 is 26.8 Å². The summed E-state index contributed by atoms with van der Waals surface area (Å²) in [5.74, 6) is 0. The molecule has 2 N–H and O–H groups in total. The van der Waals surface area contributed by atoms with E-state index in [0.29, 0.717) is 0 Å². The molecule has 0 rings (SSSR count). The molecule has 0 heterocycles. The van der Waals surface area contributed by atoms with E-state index in [4.69, 9.17) is 14.4 Å². The Morgan fingerprint density at radius 2 is 1.43 bits per heavy atom. The van der Waals surface area contributed by atoms with Crippen LogP contribution in [0.2, 0.25) is 0 Å². The molecule has 0 aromatic carbocycles. The molecule has 0 fully saturated rings. The Labute approximate surface area is 62.6 Å². The van der Waals surface area contributed by atoms with Crippen molar-refractivity contribution in [2.45, 2.75) is 0 Å². The Balaban J connectivity index is -0.0000000800. The molecule has 0 aliphatic carbocycles. The Morgan fingerprint density at radius 3 is 1.43 bits per heavy atom. The molecule has 0 aliphatic heterocycles. The monoisotopic (exact) mass is 164 g/mol. The van der Waals surface area contributed by atoms with Crippen molar-refractivity contribution in [3.8, 4) is 0 Å². The fraction of sp³-hybridized carbons (Fsp3) is 0. The molecule has 0 atom stereocenters. The first-order chi connectivity index (χ1) is 2.00. The minimum absolute atomic E-state index is 0. The van der Waals surface area contributed by atoms with Crippen LogP contribution in [0.5, 0.6) is 0 Å². The average molecular weight is 164 g/mol. The van der Waals surface area contributed by atoms with Gasteiger partial charge in [0.05, 0.1) is 0 Å². The Bertz CT molecular complexity index is 61.1. The number of hydrogen-bond donors (Lipinski definition) is 2. The van der Waals surface area contributed by atoms with E-state index in [2.05, 4.69) is 0 Å². The fourth-order valence-electron chi connectivity index (χ4n) is 0. The van der Waals surface area contributed by atoms with Crippen molar-refractivity contribution in [3.63, 3.8) is 0 Å². The summed E-state index contributed by atoms with van der Waals surface area (Å²) >= 11 is 0. The third-order valence-electron chi connectivity index (χ3n) is 0. The van der Waals surface area contributed by atoms with Crippen LogP contribution in [-0.4, -0.2) is 28.6 Å². The molecule has 0 aromatic rings. The molecular formula is H3FFeLiO3P. The third-order valence-corrected chi connectivity index (χ3v) is 0. The van der Waals surface area contributed by atoms with Crippen LogP contribution in [0.1, 0.15) is 0 Å². The van der Waals surface area contributed by atoms with Gasteiger partial charge in [0.25, 0.3) is 0 Å². The van der Waals surface area contributed by atoms with Crippen LogP contribution in [0.3, 0.4) is 0 Å². The fourth-order valence-corrected chi connectivity index (χ4v) is 0. The van der Waals surface area contributed by atoms with Gasteiger partial charge in [0.1, 0.15) is 0 Å². The molecule has 0 bridgehead atoms. The van der Waals surface area contributed by atoms with Gasteiger partial charge < -0.3 is 0 Å². The van der Waals surface area contributed by atoms with Crippen LogP contribution >= 0.6 is 7.91 Å². The third kappa shape index (κ3) is 136. The molecule has 0 saturated heterocycles. The maximum atomic E-state index is 10.4. The van der Waals surface area contributed by atoms with Crippen molar-refractivity contribution >= 4 is 26.8 Å². The first-order valence-corrected chi connectivity index (χ1v) is 2.25. The van der Waals surface area contributed by atoms with Crippen LogP contribution in [0.15, 0.2) is 0 Å². The van der Waals surface area contributed by atoms with E-state index in [0.717, 1.165) is 0 Å². The van der Waals surface area contributed by atoms with Gasteiger partial charge in [-0.2, -0.15) is 0 Å². The van der Waals surface area contributed by atoms with Crippen molar-refractivity contribution in [1.29, 1.82) is 0 Å². The van der Waals surface area contributed by atoms with E-state index in [-0.39, 0.29) is 35.9 Å². The molecular weight excluding hydrogens is 161 g/mol. The van der Waals surface area contributed by atoms with E-state index in [1.807, 2.05) is 0 Å². The van der Waals surface area contributed by atoms with Crippen molar-refractivity contribution in [2.75, 3.05) is 0 Å². The number of rotatable bonds is 0. The van der Waals surface area contributed by atoms with Gasteiger partial charge in [0, 0.05) is 17.1 Å². The summed E-state index contributed by atoms with van der Waals surface area (Å²) in [6, 6.07) is 0. The van der Waals surface area contributed by atoms with Gasteiger partial charge in [-0.3, -0.25) is 9.79 Å². The molecule has 7 heteroatoms. The molecule has 3 nitrogen and oxygen atoms in total. The van der Waals surface area contributed by atoms with Crippen LogP contribution in [0.4, 0.5) is 4.20 Å². The molecule has 0 unspecified atom stereocenters.